The van der Waals surface area contributed by atoms with Crippen LogP contribution in [0.4, 0.5) is 4.39 Å². The fourth-order valence-corrected chi connectivity index (χ4v) is 4.50. The summed E-state index contributed by atoms with van der Waals surface area (Å²) in [6.07, 6.45) is 7.80. The molecule has 1 saturated carbocycles. The number of hydrogen-bond donors (Lipinski definition) is 2. The molecule has 2 atom stereocenters. The fraction of sp³-hybridized carbons (Fsp3) is 0.500. The molecule has 5 nitrogen and oxygen atoms in total. The van der Waals surface area contributed by atoms with Crippen molar-refractivity contribution < 1.29 is 9.18 Å². The first kappa shape index (κ1) is 19.8. The highest BCUT2D eigenvalue weighted by molar-refractivity contribution is 5.85. The molecule has 1 aliphatic carbocycles. The van der Waals surface area contributed by atoms with E-state index in [1.54, 1.807) is 4.68 Å². The van der Waals surface area contributed by atoms with Crippen LogP contribution in [0.1, 0.15) is 42.7 Å². The standard InChI is InChI=1S/C20H25FN4O.ClH/c1-25-13-14(10-23-25)17-11-22-12-18(17)19(26)24-20(8-2-3-9-20)15-4-6-16(21)7-5-15;/h4-7,10,13,17-18,22H,2-3,8-9,11-12H2,1H3,(H,24,26);1H/t17-,18+;/m1./s1. The van der Waals surface area contributed by atoms with Crippen molar-refractivity contribution in [3.8, 4) is 0 Å². The van der Waals surface area contributed by atoms with Gasteiger partial charge in [-0.25, -0.2) is 4.39 Å². The first-order valence-corrected chi connectivity index (χ1v) is 9.35. The van der Waals surface area contributed by atoms with Gasteiger partial charge >= 0.3 is 0 Å². The molecule has 2 N–H and O–H groups in total. The molecule has 27 heavy (non-hydrogen) atoms. The minimum atomic E-state index is -0.368. The third kappa shape index (κ3) is 3.87. The molecular formula is C20H26ClFN4O. The summed E-state index contributed by atoms with van der Waals surface area (Å²) in [7, 11) is 1.89. The van der Waals surface area contributed by atoms with Gasteiger partial charge in [0, 0.05) is 32.3 Å². The molecule has 0 bridgehead atoms. The van der Waals surface area contributed by atoms with E-state index in [0.29, 0.717) is 6.54 Å². The van der Waals surface area contributed by atoms with E-state index in [1.165, 1.54) is 12.1 Å². The number of carbonyl (C=O) groups is 1. The van der Waals surface area contributed by atoms with Gasteiger partial charge in [-0.15, -0.1) is 12.4 Å². The summed E-state index contributed by atoms with van der Waals surface area (Å²) in [6.45, 7) is 1.46. The van der Waals surface area contributed by atoms with Crippen LogP contribution in [0.15, 0.2) is 36.7 Å². The molecule has 2 fully saturated rings. The number of aromatic nitrogens is 2. The summed E-state index contributed by atoms with van der Waals surface area (Å²) in [6, 6.07) is 6.59. The molecule has 1 aromatic carbocycles. The molecular weight excluding hydrogens is 367 g/mol. The molecule has 1 aliphatic heterocycles. The van der Waals surface area contributed by atoms with Crippen LogP contribution in [0.5, 0.6) is 0 Å². The maximum Gasteiger partial charge on any atom is 0.225 e. The van der Waals surface area contributed by atoms with Gasteiger partial charge in [0.2, 0.25) is 5.91 Å². The Morgan fingerprint density at radius 1 is 1.26 bits per heavy atom. The average Bonchev–Trinajstić information content (AvgIpc) is 3.35. The molecule has 146 valence electrons. The second kappa shape index (κ2) is 7.98. The monoisotopic (exact) mass is 392 g/mol. The highest BCUT2D eigenvalue weighted by Crippen LogP contribution is 2.40. The maximum absolute atomic E-state index is 13.3. The first-order valence-electron chi connectivity index (χ1n) is 9.35. The summed E-state index contributed by atoms with van der Waals surface area (Å²) >= 11 is 0. The van der Waals surface area contributed by atoms with Crippen molar-refractivity contribution >= 4 is 18.3 Å². The van der Waals surface area contributed by atoms with Crippen LogP contribution < -0.4 is 10.6 Å². The van der Waals surface area contributed by atoms with Gasteiger partial charge in [0.15, 0.2) is 0 Å². The van der Waals surface area contributed by atoms with Crippen molar-refractivity contribution in [2.24, 2.45) is 13.0 Å². The Kier molecular flexibility index (Phi) is 5.86. The molecule has 0 spiro atoms. The lowest BCUT2D eigenvalue weighted by Crippen LogP contribution is -2.47. The van der Waals surface area contributed by atoms with Crippen molar-refractivity contribution in [2.75, 3.05) is 13.1 Å². The largest absolute Gasteiger partial charge is 0.346 e. The normalized spacial score (nSPS) is 23.8. The summed E-state index contributed by atoms with van der Waals surface area (Å²) in [5.74, 6) is -0.146. The van der Waals surface area contributed by atoms with E-state index < -0.39 is 0 Å². The number of amides is 1. The third-order valence-corrected chi connectivity index (χ3v) is 5.92. The molecule has 7 heteroatoms. The SMILES string of the molecule is Cl.Cn1cc([C@H]2CNC[C@@H]2C(=O)NC2(c3ccc(F)cc3)CCCC2)cn1. The second-order valence-electron chi connectivity index (χ2n) is 7.60. The van der Waals surface area contributed by atoms with Crippen LogP contribution in [0.2, 0.25) is 0 Å². The lowest BCUT2D eigenvalue weighted by Gasteiger charge is -2.33. The highest BCUT2D eigenvalue weighted by atomic mass is 35.5. The predicted octanol–water partition coefficient (Wildman–Crippen LogP) is 2.87. The smallest absolute Gasteiger partial charge is 0.225 e. The summed E-state index contributed by atoms with van der Waals surface area (Å²) < 4.78 is 15.1. The number of nitrogens with zero attached hydrogens (tertiary/aromatic N) is 2. The Labute approximate surface area is 165 Å². The van der Waals surface area contributed by atoms with Crippen molar-refractivity contribution in [3.63, 3.8) is 0 Å². The van der Waals surface area contributed by atoms with Crippen molar-refractivity contribution in [1.82, 2.24) is 20.4 Å². The molecule has 0 unspecified atom stereocenters. The van der Waals surface area contributed by atoms with E-state index in [9.17, 15) is 9.18 Å². The van der Waals surface area contributed by atoms with Crippen molar-refractivity contribution in [3.05, 3.63) is 53.6 Å². The van der Waals surface area contributed by atoms with Crippen LogP contribution >= 0.6 is 12.4 Å². The van der Waals surface area contributed by atoms with Gasteiger partial charge in [-0.2, -0.15) is 5.10 Å². The Hall–Kier alpha value is -1.92. The van der Waals surface area contributed by atoms with Crippen LogP contribution in [-0.4, -0.2) is 28.8 Å². The zero-order valence-corrected chi connectivity index (χ0v) is 16.3. The van der Waals surface area contributed by atoms with Gasteiger partial charge in [0.05, 0.1) is 17.7 Å². The van der Waals surface area contributed by atoms with E-state index in [1.807, 2.05) is 31.6 Å². The third-order valence-electron chi connectivity index (χ3n) is 5.92. The summed E-state index contributed by atoms with van der Waals surface area (Å²) in [5.41, 5.74) is 1.74. The molecule has 1 amide bonds. The molecule has 1 saturated heterocycles. The van der Waals surface area contributed by atoms with Gasteiger partial charge in [0.25, 0.3) is 0 Å². The molecule has 2 aliphatic rings. The lowest BCUT2D eigenvalue weighted by molar-refractivity contribution is -0.127. The van der Waals surface area contributed by atoms with Gasteiger partial charge in [-0.3, -0.25) is 9.48 Å². The van der Waals surface area contributed by atoms with E-state index in [2.05, 4.69) is 15.7 Å². The molecule has 4 rings (SSSR count). The summed E-state index contributed by atoms with van der Waals surface area (Å²) in [4.78, 5) is 13.2. The van der Waals surface area contributed by atoms with Crippen molar-refractivity contribution in [1.29, 1.82) is 0 Å². The maximum atomic E-state index is 13.3. The quantitative estimate of drug-likeness (QED) is 0.841. The predicted molar refractivity (Wildman–Crippen MR) is 104 cm³/mol. The van der Waals surface area contributed by atoms with E-state index in [4.69, 9.17) is 0 Å². The zero-order valence-electron chi connectivity index (χ0n) is 15.5. The van der Waals surface area contributed by atoms with Gasteiger partial charge in [-0.05, 0) is 36.1 Å². The topological polar surface area (TPSA) is 59.0 Å². The van der Waals surface area contributed by atoms with Gasteiger partial charge in [0.1, 0.15) is 5.82 Å². The van der Waals surface area contributed by atoms with Crippen LogP contribution in [0, 0.1) is 11.7 Å². The van der Waals surface area contributed by atoms with Gasteiger partial charge < -0.3 is 10.6 Å². The van der Waals surface area contributed by atoms with E-state index >= 15 is 0 Å². The van der Waals surface area contributed by atoms with Gasteiger partial charge in [-0.1, -0.05) is 25.0 Å². The number of hydrogen-bond acceptors (Lipinski definition) is 3. The molecule has 1 aromatic heterocycles. The fourth-order valence-electron chi connectivity index (χ4n) is 4.50. The highest BCUT2D eigenvalue weighted by Gasteiger charge is 2.41. The molecule has 2 aromatic rings. The van der Waals surface area contributed by atoms with E-state index in [-0.39, 0.29) is 41.5 Å². The number of halogens is 2. The van der Waals surface area contributed by atoms with Crippen LogP contribution in [-0.2, 0) is 17.4 Å². The number of benzene rings is 1. The minimum Gasteiger partial charge on any atom is -0.346 e. The second-order valence-corrected chi connectivity index (χ2v) is 7.60. The number of carbonyl (C=O) groups excluding carboxylic acids is 1. The summed E-state index contributed by atoms with van der Waals surface area (Å²) in [5, 5.41) is 10.9. The first-order chi connectivity index (χ1) is 12.6. The number of nitrogens with one attached hydrogen (secondary N) is 2. The Bertz CT molecular complexity index is 786. The Morgan fingerprint density at radius 3 is 2.59 bits per heavy atom. The number of rotatable bonds is 4. The average molecular weight is 393 g/mol. The Morgan fingerprint density at radius 2 is 1.96 bits per heavy atom. The zero-order chi connectivity index (χ0) is 18.1. The Balaban J connectivity index is 0.00000210. The van der Waals surface area contributed by atoms with Crippen LogP contribution in [0.3, 0.4) is 0 Å². The minimum absolute atomic E-state index is 0. The lowest BCUT2D eigenvalue weighted by atomic mass is 9.85. The molecule has 0 radical (unpaired) electrons. The van der Waals surface area contributed by atoms with Crippen molar-refractivity contribution in [2.45, 2.75) is 37.1 Å². The number of aryl methyl sites for hydroxylation is 1. The molecule has 2 heterocycles. The van der Waals surface area contributed by atoms with E-state index in [0.717, 1.165) is 43.4 Å². The van der Waals surface area contributed by atoms with Crippen LogP contribution in [0.25, 0.3) is 0 Å².